The lowest BCUT2D eigenvalue weighted by Gasteiger charge is -2.36. The summed E-state index contributed by atoms with van der Waals surface area (Å²) in [5.74, 6) is -6.86. The Bertz CT molecular complexity index is 330. The van der Waals surface area contributed by atoms with Crippen molar-refractivity contribution in [1.29, 1.82) is 0 Å². The number of aliphatic hydroxyl groups excluding tert-OH is 1. The van der Waals surface area contributed by atoms with E-state index in [-0.39, 0.29) is 5.92 Å². The number of rotatable bonds is 5. The SMILES string of the molecule is N[C@@H](C1CCC1)[C@@H](O)C(F)(F)C(=O)NCC(F)(F)F. The van der Waals surface area contributed by atoms with Crippen molar-refractivity contribution in [1.82, 2.24) is 5.32 Å². The molecule has 4 nitrogen and oxygen atoms in total. The number of alkyl halides is 5. The van der Waals surface area contributed by atoms with Crippen LogP contribution in [0.2, 0.25) is 0 Å². The van der Waals surface area contributed by atoms with Crippen LogP contribution >= 0.6 is 0 Å². The fourth-order valence-corrected chi connectivity index (χ4v) is 1.76. The molecule has 9 heteroatoms. The van der Waals surface area contributed by atoms with Gasteiger partial charge in [-0.2, -0.15) is 22.0 Å². The predicted octanol–water partition coefficient (Wildman–Crippen LogP) is 0.789. The van der Waals surface area contributed by atoms with E-state index in [4.69, 9.17) is 5.73 Å². The molecule has 1 saturated carbocycles. The number of halogens is 5. The largest absolute Gasteiger partial charge is 0.405 e. The van der Waals surface area contributed by atoms with Crippen LogP contribution in [-0.2, 0) is 4.79 Å². The predicted molar refractivity (Wildman–Crippen MR) is 55.3 cm³/mol. The zero-order valence-electron chi connectivity index (χ0n) is 9.88. The van der Waals surface area contributed by atoms with Crippen LogP contribution in [0.15, 0.2) is 0 Å². The van der Waals surface area contributed by atoms with Gasteiger partial charge in [0.25, 0.3) is 5.91 Å². The molecule has 0 aromatic carbocycles. The maximum atomic E-state index is 13.4. The number of nitrogens with one attached hydrogen (secondary N) is 1. The van der Waals surface area contributed by atoms with E-state index >= 15 is 0 Å². The fourth-order valence-electron chi connectivity index (χ4n) is 1.76. The number of hydrogen-bond donors (Lipinski definition) is 3. The van der Waals surface area contributed by atoms with E-state index in [0.717, 1.165) is 11.7 Å². The minimum atomic E-state index is -4.80. The van der Waals surface area contributed by atoms with Crippen LogP contribution in [0.3, 0.4) is 0 Å². The second kappa shape index (κ2) is 5.58. The Hall–Kier alpha value is -0.960. The molecule has 0 spiro atoms. The Morgan fingerprint density at radius 2 is 1.84 bits per heavy atom. The third-order valence-corrected chi connectivity index (χ3v) is 3.18. The van der Waals surface area contributed by atoms with Crippen molar-refractivity contribution in [3.05, 3.63) is 0 Å². The minimum absolute atomic E-state index is 0.337. The molecule has 112 valence electrons. The summed E-state index contributed by atoms with van der Waals surface area (Å²) in [6, 6.07) is -1.33. The normalized spacial score (nSPS) is 20.6. The molecule has 1 fully saturated rings. The lowest BCUT2D eigenvalue weighted by molar-refractivity contribution is -0.174. The first-order chi connectivity index (χ1) is 8.55. The van der Waals surface area contributed by atoms with Gasteiger partial charge in [0, 0.05) is 6.04 Å². The smallest absolute Gasteiger partial charge is 0.385 e. The molecule has 19 heavy (non-hydrogen) atoms. The summed E-state index contributed by atoms with van der Waals surface area (Å²) in [5.41, 5.74) is 5.40. The molecule has 0 aromatic rings. The van der Waals surface area contributed by atoms with Crippen molar-refractivity contribution in [2.45, 2.75) is 43.5 Å². The summed E-state index contributed by atoms with van der Waals surface area (Å²) in [7, 11) is 0. The van der Waals surface area contributed by atoms with Crippen molar-refractivity contribution in [3.8, 4) is 0 Å². The standard InChI is InChI=1S/C10H15F5N2O2/c11-9(12,13)4-17-8(19)10(14,15)7(18)6(16)5-2-1-3-5/h5-7,18H,1-4,16H2,(H,17,19)/t6-,7+/m0/s1. The van der Waals surface area contributed by atoms with E-state index in [2.05, 4.69) is 0 Å². The lowest BCUT2D eigenvalue weighted by atomic mass is 9.77. The summed E-state index contributed by atoms with van der Waals surface area (Å²) in [4.78, 5) is 11.0. The molecule has 1 rings (SSSR count). The van der Waals surface area contributed by atoms with E-state index in [9.17, 15) is 31.9 Å². The lowest BCUT2D eigenvalue weighted by Crippen LogP contribution is -2.58. The van der Waals surface area contributed by atoms with Gasteiger partial charge in [-0.15, -0.1) is 0 Å². The summed E-state index contributed by atoms with van der Waals surface area (Å²) < 4.78 is 62.3. The second-order valence-corrected chi connectivity index (χ2v) is 4.63. The molecule has 0 bridgehead atoms. The van der Waals surface area contributed by atoms with Gasteiger partial charge in [0.1, 0.15) is 12.6 Å². The number of aliphatic hydroxyl groups is 1. The third-order valence-electron chi connectivity index (χ3n) is 3.18. The highest BCUT2D eigenvalue weighted by Crippen LogP contribution is 2.33. The van der Waals surface area contributed by atoms with Gasteiger partial charge in [-0.1, -0.05) is 6.42 Å². The maximum absolute atomic E-state index is 13.4. The Morgan fingerprint density at radius 1 is 1.32 bits per heavy atom. The molecule has 0 heterocycles. The molecule has 1 amide bonds. The van der Waals surface area contributed by atoms with Crippen LogP contribution in [0.4, 0.5) is 22.0 Å². The average Bonchev–Trinajstić information content (AvgIpc) is 2.20. The van der Waals surface area contributed by atoms with Crippen molar-refractivity contribution in [2.75, 3.05) is 6.54 Å². The molecular formula is C10H15F5N2O2. The highest BCUT2D eigenvalue weighted by molar-refractivity contribution is 5.84. The fraction of sp³-hybridized carbons (Fsp3) is 0.900. The van der Waals surface area contributed by atoms with E-state index in [0.29, 0.717) is 12.8 Å². The van der Waals surface area contributed by atoms with Crippen molar-refractivity contribution < 1.29 is 31.9 Å². The third kappa shape index (κ3) is 4.00. The van der Waals surface area contributed by atoms with Gasteiger partial charge in [-0.25, -0.2) is 0 Å². The molecule has 0 aliphatic heterocycles. The van der Waals surface area contributed by atoms with Crippen molar-refractivity contribution in [2.24, 2.45) is 11.7 Å². The highest BCUT2D eigenvalue weighted by Gasteiger charge is 2.51. The maximum Gasteiger partial charge on any atom is 0.405 e. The van der Waals surface area contributed by atoms with Gasteiger partial charge in [0.2, 0.25) is 0 Å². The molecule has 0 radical (unpaired) electrons. The van der Waals surface area contributed by atoms with Crippen molar-refractivity contribution >= 4 is 5.91 Å². The van der Waals surface area contributed by atoms with Gasteiger partial charge in [-0.3, -0.25) is 4.79 Å². The van der Waals surface area contributed by atoms with Gasteiger partial charge in [0.15, 0.2) is 0 Å². The first-order valence-corrected chi connectivity index (χ1v) is 5.72. The zero-order chi connectivity index (χ0) is 14.8. The second-order valence-electron chi connectivity index (χ2n) is 4.63. The van der Waals surface area contributed by atoms with Crippen LogP contribution < -0.4 is 11.1 Å². The van der Waals surface area contributed by atoms with Crippen LogP contribution in [0.5, 0.6) is 0 Å². The molecule has 0 unspecified atom stereocenters. The highest BCUT2D eigenvalue weighted by atomic mass is 19.4. The summed E-state index contributed by atoms with van der Waals surface area (Å²) >= 11 is 0. The Balaban J connectivity index is 2.59. The number of carbonyl (C=O) groups excluding carboxylic acids is 1. The van der Waals surface area contributed by atoms with Crippen LogP contribution in [0, 0.1) is 5.92 Å². The molecule has 4 N–H and O–H groups in total. The van der Waals surface area contributed by atoms with E-state index in [1.165, 1.54) is 0 Å². The molecule has 0 aromatic heterocycles. The van der Waals surface area contributed by atoms with Gasteiger partial charge >= 0.3 is 12.1 Å². The number of amides is 1. The van der Waals surface area contributed by atoms with Gasteiger partial charge in [-0.05, 0) is 18.8 Å². The van der Waals surface area contributed by atoms with Crippen LogP contribution in [0.1, 0.15) is 19.3 Å². The number of hydrogen-bond acceptors (Lipinski definition) is 3. The monoisotopic (exact) mass is 290 g/mol. The Kier molecular flexibility index (Phi) is 4.72. The summed E-state index contributed by atoms with van der Waals surface area (Å²) in [5, 5.41) is 10.4. The molecule has 1 aliphatic rings. The number of nitrogens with two attached hydrogens (primary N) is 1. The number of carbonyl (C=O) groups is 1. The first-order valence-electron chi connectivity index (χ1n) is 5.72. The Labute approximate surface area is 106 Å². The average molecular weight is 290 g/mol. The summed E-state index contributed by atoms with van der Waals surface area (Å²) in [6.45, 7) is -1.88. The molecular weight excluding hydrogens is 275 g/mol. The Morgan fingerprint density at radius 3 is 2.21 bits per heavy atom. The molecule has 2 atom stereocenters. The van der Waals surface area contributed by atoms with Crippen LogP contribution in [0.25, 0.3) is 0 Å². The van der Waals surface area contributed by atoms with Crippen molar-refractivity contribution in [3.63, 3.8) is 0 Å². The van der Waals surface area contributed by atoms with Gasteiger partial charge < -0.3 is 16.2 Å². The molecule has 0 saturated heterocycles. The minimum Gasteiger partial charge on any atom is -0.385 e. The molecule has 1 aliphatic carbocycles. The topological polar surface area (TPSA) is 75.3 Å². The van der Waals surface area contributed by atoms with E-state index in [1.807, 2.05) is 0 Å². The van der Waals surface area contributed by atoms with Gasteiger partial charge in [0.05, 0.1) is 0 Å². The van der Waals surface area contributed by atoms with E-state index in [1.54, 1.807) is 0 Å². The summed E-state index contributed by atoms with van der Waals surface area (Å²) in [6.07, 6.45) is -5.40. The quantitative estimate of drug-likeness (QED) is 0.655. The first kappa shape index (κ1) is 16.1. The zero-order valence-corrected chi connectivity index (χ0v) is 9.88. The van der Waals surface area contributed by atoms with Crippen LogP contribution in [-0.4, -0.2) is 41.8 Å². The van der Waals surface area contributed by atoms with E-state index < -0.39 is 36.7 Å².